The van der Waals surface area contributed by atoms with Crippen LogP contribution in [0.4, 0.5) is 0 Å². The maximum atomic E-state index is 6.52. The lowest BCUT2D eigenvalue weighted by atomic mass is 9.87. The molecule has 21 heavy (non-hydrogen) atoms. The molecule has 2 N–H and O–H groups in total. The lowest BCUT2D eigenvalue weighted by Gasteiger charge is -2.40. The molecule has 0 amide bonds. The number of rotatable bonds is 7. The van der Waals surface area contributed by atoms with E-state index in [1.807, 2.05) is 0 Å². The van der Waals surface area contributed by atoms with Gasteiger partial charge >= 0.3 is 0 Å². The topological polar surface area (TPSA) is 29.3 Å². The van der Waals surface area contributed by atoms with Crippen LogP contribution >= 0.6 is 22.6 Å². The first-order valence-corrected chi connectivity index (χ1v) is 10.1. The molecule has 2 aliphatic rings. The van der Waals surface area contributed by atoms with Gasteiger partial charge in [-0.05, 0) is 50.9 Å². The summed E-state index contributed by atoms with van der Waals surface area (Å²) in [5, 5.41) is 0. The first-order chi connectivity index (χ1) is 10.0. The second-order valence-electron chi connectivity index (χ2n) is 7.22. The Morgan fingerprint density at radius 3 is 2.29 bits per heavy atom. The van der Waals surface area contributed by atoms with Gasteiger partial charge in [0.15, 0.2) is 0 Å². The molecule has 3 heteroatoms. The predicted octanol–water partition coefficient (Wildman–Crippen LogP) is 4.72. The summed E-state index contributed by atoms with van der Waals surface area (Å²) in [5.41, 5.74) is 8.82. The van der Waals surface area contributed by atoms with Crippen molar-refractivity contribution in [2.45, 2.75) is 75.7 Å². The minimum atomic E-state index is 0.318. The van der Waals surface area contributed by atoms with Crippen molar-refractivity contribution in [3.05, 3.63) is 11.8 Å². The lowest BCUT2D eigenvalue weighted by Crippen LogP contribution is -2.41. The molecular weight excluding hydrogens is 371 g/mol. The number of alkyl halides is 1. The van der Waals surface area contributed by atoms with Gasteiger partial charge in [-0.15, -0.1) is 0 Å². The molecule has 122 valence electrons. The van der Waals surface area contributed by atoms with Crippen molar-refractivity contribution in [2.24, 2.45) is 17.1 Å². The lowest BCUT2D eigenvalue weighted by molar-refractivity contribution is 0.185. The van der Waals surface area contributed by atoms with Crippen molar-refractivity contribution in [3.63, 3.8) is 0 Å². The summed E-state index contributed by atoms with van der Waals surface area (Å²) in [5.74, 6) is 0.537. The van der Waals surface area contributed by atoms with E-state index in [-0.39, 0.29) is 0 Å². The Bertz CT molecular complexity index is 350. The molecule has 0 aromatic carbocycles. The number of likely N-dealkylation sites (tertiary alicyclic amines) is 1. The number of halogens is 1. The van der Waals surface area contributed by atoms with E-state index in [4.69, 9.17) is 5.73 Å². The van der Waals surface area contributed by atoms with E-state index in [2.05, 4.69) is 54.3 Å². The zero-order chi connectivity index (χ0) is 15.5. The van der Waals surface area contributed by atoms with Crippen LogP contribution in [0.15, 0.2) is 11.8 Å². The quantitative estimate of drug-likeness (QED) is 0.491. The second-order valence-corrected chi connectivity index (χ2v) is 9.19. The Labute approximate surface area is 145 Å². The SMILES string of the molecule is CCCC(N)C(CC)/C(=C\C(C)I)N1CCC2(CC1)CC2. The molecule has 1 saturated heterocycles. The predicted molar refractivity (Wildman–Crippen MR) is 101 cm³/mol. The third kappa shape index (κ3) is 4.60. The summed E-state index contributed by atoms with van der Waals surface area (Å²) in [6.45, 7) is 9.34. The van der Waals surface area contributed by atoms with Crippen molar-refractivity contribution in [1.29, 1.82) is 0 Å². The summed E-state index contributed by atoms with van der Waals surface area (Å²) in [6.07, 6.45) is 11.7. The van der Waals surface area contributed by atoms with Gasteiger partial charge in [-0.1, -0.05) is 48.9 Å². The highest BCUT2D eigenvalue weighted by molar-refractivity contribution is 14.1. The molecule has 1 aliphatic heterocycles. The van der Waals surface area contributed by atoms with Crippen LogP contribution in [0.3, 0.4) is 0 Å². The van der Waals surface area contributed by atoms with Crippen molar-refractivity contribution >= 4 is 22.6 Å². The Morgan fingerprint density at radius 2 is 1.86 bits per heavy atom. The van der Waals surface area contributed by atoms with Crippen LogP contribution in [0.1, 0.15) is 65.7 Å². The molecule has 1 saturated carbocycles. The maximum absolute atomic E-state index is 6.52. The molecule has 2 nitrogen and oxygen atoms in total. The number of allylic oxidation sites excluding steroid dienone is 1. The van der Waals surface area contributed by atoms with Crippen LogP contribution in [-0.4, -0.2) is 28.0 Å². The molecule has 1 heterocycles. The van der Waals surface area contributed by atoms with Crippen molar-refractivity contribution in [3.8, 4) is 0 Å². The third-order valence-electron chi connectivity index (χ3n) is 5.51. The zero-order valence-corrected chi connectivity index (χ0v) is 16.2. The van der Waals surface area contributed by atoms with Crippen LogP contribution in [0, 0.1) is 11.3 Å². The number of piperidine rings is 1. The van der Waals surface area contributed by atoms with Crippen molar-refractivity contribution in [1.82, 2.24) is 4.90 Å². The van der Waals surface area contributed by atoms with Crippen molar-refractivity contribution in [2.75, 3.05) is 13.1 Å². The highest BCUT2D eigenvalue weighted by Gasteiger charge is 2.45. The van der Waals surface area contributed by atoms with E-state index in [1.54, 1.807) is 5.70 Å². The Balaban J connectivity index is 2.09. The standard InChI is InChI=1S/C18H33IN2/c1-4-6-16(20)15(5-2)17(13-14(3)19)21-11-9-18(7-8-18)10-12-21/h13-16H,4-12,20H2,1-3H3/b17-13+. The molecule has 0 radical (unpaired) electrons. The van der Waals surface area contributed by atoms with Gasteiger partial charge in [0.05, 0.1) is 0 Å². The minimum absolute atomic E-state index is 0.318. The molecule has 2 fully saturated rings. The summed E-state index contributed by atoms with van der Waals surface area (Å²) >= 11 is 2.52. The first kappa shape index (κ1) is 17.6. The summed E-state index contributed by atoms with van der Waals surface area (Å²) in [4.78, 5) is 2.67. The molecule has 3 atom stereocenters. The monoisotopic (exact) mass is 404 g/mol. The highest BCUT2D eigenvalue weighted by atomic mass is 127. The van der Waals surface area contributed by atoms with Gasteiger partial charge < -0.3 is 10.6 Å². The van der Waals surface area contributed by atoms with Crippen LogP contribution in [0.25, 0.3) is 0 Å². The van der Waals surface area contributed by atoms with Gasteiger partial charge in [0.1, 0.15) is 0 Å². The average Bonchev–Trinajstić information content (AvgIpc) is 3.19. The first-order valence-electron chi connectivity index (χ1n) is 8.87. The van der Waals surface area contributed by atoms with Gasteiger partial charge in [-0.3, -0.25) is 0 Å². The summed E-state index contributed by atoms with van der Waals surface area (Å²) in [6, 6.07) is 0.318. The average molecular weight is 404 g/mol. The summed E-state index contributed by atoms with van der Waals surface area (Å²) < 4.78 is 0.581. The van der Waals surface area contributed by atoms with Crippen LogP contribution in [0.2, 0.25) is 0 Å². The number of hydrogen-bond acceptors (Lipinski definition) is 2. The van der Waals surface area contributed by atoms with E-state index in [0.29, 0.717) is 15.9 Å². The maximum Gasteiger partial charge on any atom is 0.0280 e. The van der Waals surface area contributed by atoms with Gasteiger partial charge in [0.2, 0.25) is 0 Å². The number of hydrogen-bond donors (Lipinski definition) is 1. The fraction of sp³-hybridized carbons (Fsp3) is 0.889. The van der Waals surface area contributed by atoms with Crippen LogP contribution in [0.5, 0.6) is 0 Å². The fourth-order valence-electron chi connectivity index (χ4n) is 3.88. The molecule has 1 aliphatic carbocycles. The third-order valence-corrected chi connectivity index (χ3v) is 5.86. The van der Waals surface area contributed by atoms with Gasteiger partial charge in [-0.25, -0.2) is 0 Å². The van der Waals surface area contributed by atoms with E-state index in [0.717, 1.165) is 18.3 Å². The minimum Gasteiger partial charge on any atom is -0.375 e. The Hall–Kier alpha value is 0.230. The van der Waals surface area contributed by atoms with Crippen LogP contribution in [-0.2, 0) is 0 Å². The van der Waals surface area contributed by atoms with E-state index in [9.17, 15) is 0 Å². The van der Waals surface area contributed by atoms with E-state index >= 15 is 0 Å². The molecule has 1 spiro atoms. The van der Waals surface area contributed by atoms with Gasteiger partial charge in [0, 0.05) is 34.7 Å². The number of nitrogens with two attached hydrogens (primary N) is 1. The van der Waals surface area contributed by atoms with E-state index in [1.165, 1.54) is 45.2 Å². The zero-order valence-electron chi connectivity index (χ0n) is 14.1. The van der Waals surface area contributed by atoms with Crippen LogP contribution < -0.4 is 5.73 Å². The van der Waals surface area contributed by atoms with E-state index < -0.39 is 0 Å². The number of nitrogens with zero attached hydrogens (tertiary/aromatic N) is 1. The second kappa shape index (κ2) is 7.67. The molecule has 0 aromatic heterocycles. The smallest absolute Gasteiger partial charge is 0.0280 e. The molecule has 3 unspecified atom stereocenters. The van der Waals surface area contributed by atoms with Gasteiger partial charge in [0.25, 0.3) is 0 Å². The molecular formula is C18H33IN2. The normalized spacial score (nSPS) is 25.8. The summed E-state index contributed by atoms with van der Waals surface area (Å²) in [7, 11) is 0. The molecule has 0 bridgehead atoms. The molecule has 0 aromatic rings. The Morgan fingerprint density at radius 1 is 1.24 bits per heavy atom. The Kier molecular flexibility index (Phi) is 6.42. The molecule has 2 rings (SSSR count). The highest BCUT2D eigenvalue weighted by Crippen LogP contribution is 2.54. The van der Waals surface area contributed by atoms with Crippen molar-refractivity contribution < 1.29 is 0 Å². The van der Waals surface area contributed by atoms with Gasteiger partial charge in [-0.2, -0.15) is 0 Å². The largest absolute Gasteiger partial charge is 0.375 e. The fourth-order valence-corrected chi connectivity index (χ4v) is 4.25.